The maximum absolute atomic E-state index is 13.3. The van der Waals surface area contributed by atoms with E-state index >= 15 is 0 Å². The van der Waals surface area contributed by atoms with Gasteiger partial charge in [0.05, 0.1) is 3.92 Å². The van der Waals surface area contributed by atoms with Gasteiger partial charge in [-0.3, -0.25) is 14.4 Å². The quantitative estimate of drug-likeness (QED) is 0.162. The molecule has 1 N–H and O–H groups in total. The molecule has 0 radical (unpaired) electrons. The van der Waals surface area contributed by atoms with Gasteiger partial charge in [0.15, 0.2) is 6.10 Å². The summed E-state index contributed by atoms with van der Waals surface area (Å²) in [5, 5.41) is 11.7. The van der Waals surface area contributed by atoms with Crippen LogP contribution < -0.4 is 0 Å². The number of halogens is 1. The lowest BCUT2D eigenvalue weighted by Gasteiger charge is -2.35. The van der Waals surface area contributed by atoms with E-state index in [9.17, 15) is 19.5 Å². The van der Waals surface area contributed by atoms with Crippen LogP contribution in [0.15, 0.2) is 29.6 Å². The van der Waals surface area contributed by atoms with E-state index < -0.39 is 12.1 Å². The lowest BCUT2D eigenvalue weighted by atomic mass is 9.95. The summed E-state index contributed by atoms with van der Waals surface area (Å²) in [5.74, 6) is -0.0356. The summed E-state index contributed by atoms with van der Waals surface area (Å²) in [4.78, 5) is 46.5. The number of hydrogen-bond acceptors (Lipinski definition) is 7. The Labute approximate surface area is 250 Å². The van der Waals surface area contributed by atoms with Crippen molar-refractivity contribution in [1.29, 1.82) is 0 Å². The summed E-state index contributed by atoms with van der Waals surface area (Å²) in [7, 11) is 3.55. The van der Waals surface area contributed by atoms with E-state index in [-0.39, 0.29) is 45.4 Å². The molecule has 8 nitrogen and oxygen atoms in total. The molecule has 2 amide bonds. The highest BCUT2D eigenvalue weighted by molar-refractivity contribution is 14.1. The van der Waals surface area contributed by atoms with Gasteiger partial charge in [-0.1, -0.05) is 68.8 Å². The minimum atomic E-state index is -0.673. The van der Waals surface area contributed by atoms with Crippen molar-refractivity contribution in [2.45, 2.75) is 82.9 Å². The largest absolute Gasteiger partial charge is 0.508 e. The normalized spacial score (nSPS) is 15.2. The first-order valence-corrected chi connectivity index (χ1v) is 15.5. The molecule has 5 atom stereocenters. The number of carbonyl (C=O) groups excluding carboxylic acids is 3. The fourth-order valence-corrected chi connectivity index (χ4v) is 6.11. The summed E-state index contributed by atoms with van der Waals surface area (Å²) >= 11 is 3.50. The number of thiazole rings is 1. The fourth-order valence-electron chi connectivity index (χ4n) is 4.33. The third-order valence-corrected chi connectivity index (χ3v) is 9.92. The van der Waals surface area contributed by atoms with Crippen molar-refractivity contribution < 1.29 is 24.2 Å². The Kier molecular flexibility index (Phi) is 12.7. The third-order valence-electron chi connectivity index (χ3n) is 7.22. The second kappa shape index (κ2) is 15.0. The van der Waals surface area contributed by atoms with Crippen molar-refractivity contribution in [1.82, 2.24) is 14.8 Å². The van der Waals surface area contributed by atoms with Crippen LogP contribution in [0.5, 0.6) is 5.75 Å². The molecule has 0 fully saturated rings. The van der Waals surface area contributed by atoms with Crippen molar-refractivity contribution >= 4 is 51.7 Å². The zero-order valence-electron chi connectivity index (χ0n) is 24.2. The molecule has 1 aromatic carbocycles. The molecular weight excluding hydrogens is 629 g/mol. The van der Waals surface area contributed by atoms with Gasteiger partial charge in [-0.25, -0.2) is 4.98 Å². The van der Waals surface area contributed by atoms with Gasteiger partial charge < -0.3 is 19.6 Å². The molecule has 0 unspecified atom stereocenters. The maximum atomic E-state index is 13.3. The second-order valence-electron chi connectivity index (χ2n) is 10.6. The van der Waals surface area contributed by atoms with E-state index in [0.717, 1.165) is 12.0 Å². The van der Waals surface area contributed by atoms with Crippen molar-refractivity contribution in [3.8, 4) is 5.75 Å². The van der Waals surface area contributed by atoms with Gasteiger partial charge in [0, 0.05) is 44.9 Å². The molecular formula is C29H42IN3O5S. The molecule has 0 saturated heterocycles. The smallest absolute Gasteiger partial charge is 0.303 e. The van der Waals surface area contributed by atoms with Crippen LogP contribution in [-0.2, 0) is 20.7 Å². The Balaban J connectivity index is 2.22. The van der Waals surface area contributed by atoms with E-state index in [1.165, 1.54) is 18.3 Å². The van der Waals surface area contributed by atoms with Crippen LogP contribution in [0.1, 0.15) is 81.5 Å². The second-order valence-corrected chi connectivity index (χ2v) is 12.8. The van der Waals surface area contributed by atoms with Crippen LogP contribution >= 0.6 is 33.9 Å². The van der Waals surface area contributed by atoms with Crippen LogP contribution in [0.3, 0.4) is 0 Å². The number of aromatic hydroxyl groups is 1. The Hall–Kier alpha value is -2.21. The molecule has 0 saturated carbocycles. The third kappa shape index (κ3) is 9.16. The van der Waals surface area contributed by atoms with Crippen molar-refractivity contribution in [2.24, 2.45) is 11.8 Å². The van der Waals surface area contributed by atoms with Crippen molar-refractivity contribution in [3.63, 3.8) is 0 Å². The topological polar surface area (TPSA) is 100 Å². The fraction of sp³-hybridized carbons (Fsp3) is 0.586. The van der Waals surface area contributed by atoms with Gasteiger partial charge in [0.25, 0.3) is 5.91 Å². The first kappa shape index (κ1) is 33.0. The summed E-state index contributed by atoms with van der Waals surface area (Å²) in [6.07, 6.45) is 1.25. The van der Waals surface area contributed by atoms with Crippen LogP contribution in [0.2, 0.25) is 0 Å². The highest BCUT2D eigenvalue weighted by Gasteiger charge is 2.34. The van der Waals surface area contributed by atoms with Crippen molar-refractivity contribution in [3.05, 3.63) is 45.9 Å². The summed E-state index contributed by atoms with van der Waals surface area (Å²) in [5.41, 5.74) is 1.30. The number of likely N-dealkylation sites (N-methyl/N-ethyl adjacent to an activating group) is 1. The van der Waals surface area contributed by atoms with Crippen molar-refractivity contribution in [2.75, 3.05) is 14.1 Å². The Bertz CT molecular complexity index is 1110. The first-order valence-electron chi connectivity index (χ1n) is 13.3. The van der Waals surface area contributed by atoms with E-state index in [4.69, 9.17) is 4.74 Å². The molecule has 2 rings (SSSR count). The van der Waals surface area contributed by atoms with Gasteiger partial charge in [-0.2, -0.15) is 0 Å². The average molecular weight is 672 g/mol. The number of nitrogens with zero attached hydrogens (tertiary/aromatic N) is 3. The highest BCUT2D eigenvalue weighted by Crippen LogP contribution is 2.32. The molecule has 2 aromatic rings. The predicted octanol–water partition coefficient (Wildman–Crippen LogP) is 5.88. The zero-order chi connectivity index (χ0) is 29.4. The Morgan fingerprint density at radius 2 is 1.69 bits per heavy atom. The monoisotopic (exact) mass is 671 g/mol. The molecule has 0 aliphatic heterocycles. The molecule has 39 heavy (non-hydrogen) atoms. The Morgan fingerprint density at radius 3 is 2.23 bits per heavy atom. The number of hydrogen-bond donors (Lipinski definition) is 1. The first-order chi connectivity index (χ1) is 18.3. The van der Waals surface area contributed by atoms with Gasteiger partial charge in [0.1, 0.15) is 16.5 Å². The van der Waals surface area contributed by atoms with Crippen LogP contribution in [0.4, 0.5) is 0 Å². The Morgan fingerprint density at radius 1 is 1.08 bits per heavy atom. The number of rotatable bonds is 13. The van der Waals surface area contributed by atoms with Gasteiger partial charge in [0.2, 0.25) is 5.91 Å². The molecule has 10 heteroatoms. The number of phenolic OH excluding ortho intramolecular Hbond substituents is 1. The summed E-state index contributed by atoms with van der Waals surface area (Å²) in [6.45, 7) is 11.6. The number of esters is 1. The SMILES string of the molecule is CC[C@H](C)[C@H](I)C(=O)N(C)[C@H](C[C@@H](OC(C)=O)c1nc(C(=O)N(C)[C@H](C)Cc2ccc(O)cc2)cs1)C(C)C. The van der Waals surface area contributed by atoms with E-state index in [0.29, 0.717) is 23.5 Å². The highest BCUT2D eigenvalue weighted by atomic mass is 127. The molecule has 216 valence electrons. The number of phenols is 1. The minimum absolute atomic E-state index is 0.0597. The van der Waals surface area contributed by atoms with Crippen LogP contribution in [0.25, 0.3) is 0 Å². The standard InChI is InChI=1S/C29H42IN3O5S/c1-9-18(4)26(30)29(37)33(8)24(17(2)3)15-25(38-20(6)34)27-31-23(16-39-27)28(36)32(7)19(5)14-21-10-12-22(35)13-11-21/h10-13,16-19,24-26,35H,9,14-15H2,1-8H3/t18-,19+,24+,25+,26-/m0/s1. The van der Waals surface area contributed by atoms with Gasteiger partial charge in [-0.05, 0) is 42.9 Å². The average Bonchev–Trinajstić information content (AvgIpc) is 3.39. The molecule has 0 aliphatic carbocycles. The predicted molar refractivity (Wildman–Crippen MR) is 163 cm³/mol. The molecule has 0 spiro atoms. The zero-order valence-corrected chi connectivity index (χ0v) is 27.2. The number of aromatic nitrogens is 1. The lowest BCUT2D eigenvalue weighted by molar-refractivity contribution is -0.148. The summed E-state index contributed by atoms with van der Waals surface area (Å²) < 4.78 is 5.55. The summed E-state index contributed by atoms with van der Waals surface area (Å²) in [6, 6.07) is 6.65. The molecule has 1 heterocycles. The lowest BCUT2D eigenvalue weighted by Crippen LogP contribution is -2.46. The van der Waals surface area contributed by atoms with E-state index in [1.807, 2.05) is 40.0 Å². The number of amides is 2. The van der Waals surface area contributed by atoms with Crippen LogP contribution in [-0.4, -0.2) is 67.8 Å². The van der Waals surface area contributed by atoms with E-state index in [2.05, 4.69) is 41.4 Å². The maximum Gasteiger partial charge on any atom is 0.303 e. The number of benzene rings is 1. The van der Waals surface area contributed by atoms with Gasteiger partial charge >= 0.3 is 5.97 Å². The number of ether oxygens (including phenoxy) is 1. The molecule has 0 bridgehead atoms. The number of alkyl halides is 1. The minimum Gasteiger partial charge on any atom is -0.508 e. The van der Waals surface area contributed by atoms with E-state index in [1.54, 1.807) is 34.4 Å². The number of carbonyl (C=O) groups is 3. The molecule has 1 aromatic heterocycles. The molecule has 0 aliphatic rings. The van der Waals surface area contributed by atoms with Crippen LogP contribution in [0, 0.1) is 11.8 Å². The van der Waals surface area contributed by atoms with Gasteiger partial charge in [-0.15, -0.1) is 11.3 Å².